The highest BCUT2D eigenvalue weighted by molar-refractivity contribution is 6.09. The number of nitriles is 1. The number of carbonyl (C=O) groups is 1. The second-order valence-corrected chi connectivity index (χ2v) is 6.74. The Kier molecular flexibility index (Phi) is 4.04. The molecule has 4 rings (SSSR count). The summed E-state index contributed by atoms with van der Waals surface area (Å²) in [5.41, 5.74) is 1.79. The molecule has 1 heterocycles. The molecule has 0 aliphatic heterocycles. The summed E-state index contributed by atoms with van der Waals surface area (Å²) in [6, 6.07) is 14.2. The number of hydrogen-bond acceptors (Lipinski definition) is 5. The van der Waals surface area contributed by atoms with Crippen LogP contribution in [0.25, 0.3) is 21.9 Å². The molecule has 0 amide bonds. The standard InChI is InChI=1S/C21H19NO4/c1-24-18-7-6-16(19-15-4-2-3-5-17(15)26-20(18)19)21(12-22)10-8-14(9-11-21)25-13-23/h2-7,13-14H,8-11H2,1H3. The molecular formula is C21H19NO4. The summed E-state index contributed by atoms with van der Waals surface area (Å²) >= 11 is 0. The number of methoxy groups -OCH3 is 1. The van der Waals surface area contributed by atoms with Gasteiger partial charge >= 0.3 is 0 Å². The summed E-state index contributed by atoms with van der Waals surface area (Å²) in [7, 11) is 1.61. The minimum absolute atomic E-state index is 0.108. The molecule has 1 aromatic heterocycles. The lowest BCUT2D eigenvalue weighted by atomic mass is 9.68. The fourth-order valence-electron chi connectivity index (χ4n) is 4.10. The van der Waals surface area contributed by atoms with Crippen molar-refractivity contribution in [2.45, 2.75) is 37.2 Å². The highest BCUT2D eigenvalue weighted by Gasteiger charge is 2.40. The predicted molar refractivity (Wildman–Crippen MR) is 97.0 cm³/mol. The quantitative estimate of drug-likeness (QED) is 0.650. The average Bonchev–Trinajstić information content (AvgIpc) is 3.08. The number of ether oxygens (including phenoxy) is 2. The van der Waals surface area contributed by atoms with Crippen LogP contribution in [0.2, 0.25) is 0 Å². The molecule has 26 heavy (non-hydrogen) atoms. The highest BCUT2D eigenvalue weighted by atomic mass is 16.5. The highest BCUT2D eigenvalue weighted by Crippen LogP contribution is 2.46. The van der Waals surface area contributed by atoms with Crippen molar-refractivity contribution >= 4 is 28.4 Å². The molecule has 0 atom stereocenters. The third-order valence-electron chi connectivity index (χ3n) is 5.47. The number of hydrogen-bond donors (Lipinski definition) is 0. The van der Waals surface area contributed by atoms with Gasteiger partial charge in [-0.3, -0.25) is 4.79 Å². The average molecular weight is 349 g/mol. The first-order valence-corrected chi connectivity index (χ1v) is 8.71. The van der Waals surface area contributed by atoms with E-state index < -0.39 is 5.41 Å². The predicted octanol–water partition coefficient (Wildman–Crippen LogP) is 4.47. The van der Waals surface area contributed by atoms with Gasteiger partial charge in [-0.25, -0.2) is 0 Å². The number of carbonyl (C=O) groups excluding carboxylic acids is 1. The van der Waals surface area contributed by atoms with E-state index in [1.54, 1.807) is 7.11 Å². The van der Waals surface area contributed by atoms with Gasteiger partial charge in [-0.1, -0.05) is 24.3 Å². The molecule has 1 saturated carbocycles. The first-order valence-electron chi connectivity index (χ1n) is 8.71. The van der Waals surface area contributed by atoms with Crippen LogP contribution in [-0.2, 0) is 14.9 Å². The summed E-state index contributed by atoms with van der Waals surface area (Å²) in [5.74, 6) is 0.658. The number of benzene rings is 2. The van der Waals surface area contributed by atoms with Crippen molar-refractivity contribution in [2.24, 2.45) is 0 Å². The topological polar surface area (TPSA) is 72.5 Å². The Bertz CT molecular complexity index is 1010. The summed E-state index contributed by atoms with van der Waals surface area (Å²) in [5, 5.41) is 12.0. The number of nitrogens with zero attached hydrogens (tertiary/aromatic N) is 1. The van der Waals surface area contributed by atoms with Gasteiger partial charge in [0, 0.05) is 10.8 Å². The molecular weight excluding hydrogens is 330 g/mol. The molecule has 132 valence electrons. The zero-order valence-corrected chi connectivity index (χ0v) is 14.5. The Morgan fingerprint density at radius 2 is 2.00 bits per heavy atom. The molecule has 0 radical (unpaired) electrons. The van der Waals surface area contributed by atoms with Crippen LogP contribution < -0.4 is 4.74 Å². The van der Waals surface area contributed by atoms with Crippen LogP contribution in [0.3, 0.4) is 0 Å². The zero-order chi connectivity index (χ0) is 18.1. The Morgan fingerprint density at radius 3 is 2.69 bits per heavy atom. The van der Waals surface area contributed by atoms with E-state index in [1.165, 1.54) is 0 Å². The van der Waals surface area contributed by atoms with Crippen molar-refractivity contribution in [1.29, 1.82) is 5.26 Å². The number of fused-ring (bicyclic) bond motifs is 3. The Morgan fingerprint density at radius 1 is 1.23 bits per heavy atom. The SMILES string of the molecule is COc1ccc(C2(C#N)CCC(OC=O)CC2)c2c1oc1ccccc12. The minimum Gasteiger partial charge on any atom is -0.493 e. The second kappa shape index (κ2) is 6.38. The van der Waals surface area contributed by atoms with E-state index in [1.807, 2.05) is 36.4 Å². The van der Waals surface area contributed by atoms with Gasteiger partial charge in [-0.05, 0) is 43.4 Å². The first-order chi connectivity index (χ1) is 12.7. The number of para-hydroxylation sites is 1. The largest absolute Gasteiger partial charge is 0.493 e. The third-order valence-corrected chi connectivity index (χ3v) is 5.47. The Balaban J connectivity index is 1.91. The van der Waals surface area contributed by atoms with Gasteiger partial charge in [0.1, 0.15) is 11.7 Å². The fraction of sp³-hybridized carbons (Fsp3) is 0.333. The van der Waals surface area contributed by atoms with Gasteiger partial charge in [-0.15, -0.1) is 0 Å². The van der Waals surface area contributed by atoms with Crippen molar-refractivity contribution in [1.82, 2.24) is 0 Å². The molecule has 0 saturated heterocycles. The van der Waals surface area contributed by atoms with Crippen LogP contribution in [0.5, 0.6) is 5.75 Å². The summed E-state index contributed by atoms with van der Waals surface area (Å²) in [6.45, 7) is 0.499. The van der Waals surface area contributed by atoms with Gasteiger partial charge in [0.05, 0.1) is 18.6 Å². The first kappa shape index (κ1) is 16.5. The van der Waals surface area contributed by atoms with Gasteiger partial charge in [0.25, 0.3) is 6.47 Å². The van der Waals surface area contributed by atoms with Gasteiger partial charge < -0.3 is 13.9 Å². The van der Waals surface area contributed by atoms with E-state index in [-0.39, 0.29) is 6.10 Å². The second-order valence-electron chi connectivity index (χ2n) is 6.74. The van der Waals surface area contributed by atoms with Gasteiger partial charge in [0.15, 0.2) is 11.3 Å². The lowest BCUT2D eigenvalue weighted by molar-refractivity contribution is -0.135. The summed E-state index contributed by atoms with van der Waals surface area (Å²) in [4.78, 5) is 10.6. The van der Waals surface area contributed by atoms with Crippen LogP contribution in [-0.4, -0.2) is 19.7 Å². The van der Waals surface area contributed by atoms with Crippen LogP contribution >= 0.6 is 0 Å². The van der Waals surface area contributed by atoms with Crippen LogP contribution in [0, 0.1) is 11.3 Å². The van der Waals surface area contributed by atoms with E-state index in [0.717, 1.165) is 21.9 Å². The summed E-state index contributed by atoms with van der Waals surface area (Å²) in [6.07, 6.45) is 2.53. The van der Waals surface area contributed by atoms with Crippen LogP contribution in [0.4, 0.5) is 0 Å². The maximum absolute atomic E-state index is 10.6. The normalized spacial score (nSPS) is 22.8. The summed E-state index contributed by atoms with van der Waals surface area (Å²) < 4.78 is 16.6. The molecule has 2 aromatic carbocycles. The Labute approximate surface area is 151 Å². The molecule has 5 heteroatoms. The van der Waals surface area contributed by atoms with Crippen LogP contribution in [0.15, 0.2) is 40.8 Å². The van der Waals surface area contributed by atoms with Gasteiger partial charge in [-0.2, -0.15) is 5.26 Å². The monoisotopic (exact) mass is 349 g/mol. The van der Waals surface area contributed by atoms with E-state index >= 15 is 0 Å². The lowest BCUT2D eigenvalue weighted by Gasteiger charge is -2.35. The maximum atomic E-state index is 10.6. The zero-order valence-electron chi connectivity index (χ0n) is 14.5. The van der Waals surface area contributed by atoms with E-state index in [0.29, 0.717) is 43.5 Å². The van der Waals surface area contributed by atoms with E-state index in [2.05, 4.69) is 6.07 Å². The molecule has 1 aliphatic carbocycles. The fourth-order valence-corrected chi connectivity index (χ4v) is 4.10. The third kappa shape index (κ3) is 2.41. The molecule has 1 fully saturated rings. The van der Waals surface area contributed by atoms with E-state index in [4.69, 9.17) is 13.9 Å². The molecule has 0 bridgehead atoms. The van der Waals surface area contributed by atoms with Crippen LogP contribution in [0.1, 0.15) is 31.2 Å². The lowest BCUT2D eigenvalue weighted by Crippen LogP contribution is -2.33. The molecule has 0 spiro atoms. The molecule has 5 nitrogen and oxygen atoms in total. The van der Waals surface area contributed by atoms with Crippen molar-refractivity contribution in [3.05, 3.63) is 42.0 Å². The van der Waals surface area contributed by atoms with Crippen molar-refractivity contribution in [3.63, 3.8) is 0 Å². The number of rotatable bonds is 4. The molecule has 0 unspecified atom stereocenters. The molecule has 1 aliphatic rings. The number of furan rings is 1. The van der Waals surface area contributed by atoms with Crippen molar-refractivity contribution < 1.29 is 18.7 Å². The van der Waals surface area contributed by atoms with Crippen molar-refractivity contribution in [3.8, 4) is 11.8 Å². The molecule has 3 aromatic rings. The smallest absolute Gasteiger partial charge is 0.293 e. The Hall–Kier alpha value is -3.00. The maximum Gasteiger partial charge on any atom is 0.293 e. The minimum atomic E-state index is -0.625. The van der Waals surface area contributed by atoms with Gasteiger partial charge in [0.2, 0.25) is 0 Å². The van der Waals surface area contributed by atoms with Crippen molar-refractivity contribution in [2.75, 3.05) is 7.11 Å². The van der Waals surface area contributed by atoms with E-state index in [9.17, 15) is 10.1 Å². The molecule has 0 N–H and O–H groups in total.